The van der Waals surface area contributed by atoms with E-state index >= 15 is 0 Å². The summed E-state index contributed by atoms with van der Waals surface area (Å²) in [5.41, 5.74) is 0.388. The van der Waals surface area contributed by atoms with Gasteiger partial charge in [-0.05, 0) is 17.6 Å². The molecular formula is C13H25NO2S. The number of rotatable bonds is 4. The maximum absolute atomic E-state index is 5.65. The SMILES string of the molecule is COC1(CNC2CSCC(C)(C)C2)CCOC1. The molecule has 0 aromatic rings. The molecule has 2 aliphatic rings. The summed E-state index contributed by atoms with van der Waals surface area (Å²) in [7, 11) is 1.80. The summed E-state index contributed by atoms with van der Waals surface area (Å²) >= 11 is 2.06. The first-order valence-corrected chi connectivity index (χ1v) is 7.65. The minimum absolute atomic E-state index is 0.0771. The highest BCUT2D eigenvalue weighted by molar-refractivity contribution is 7.99. The number of ether oxygens (including phenoxy) is 2. The lowest BCUT2D eigenvalue weighted by molar-refractivity contribution is -0.0178. The van der Waals surface area contributed by atoms with Crippen LogP contribution in [0, 0.1) is 5.41 Å². The van der Waals surface area contributed by atoms with Crippen LogP contribution in [0.4, 0.5) is 0 Å². The standard InChI is InChI=1S/C13H25NO2S/c1-12(2)6-11(7-17-10-12)14-8-13(15-3)4-5-16-9-13/h11,14H,4-10H2,1-3H3. The first-order chi connectivity index (χ1) is 8.05. The number of hydrogen-bond donors (Lipinski definition) is 1. The van der Waals surface area contributed by atoms with Crippen molar-refractivity contribution in [1.82, 2.24) is 5.32 Å². The molecule has 100 valence electrons. The van der Waals surface area contributed by atoms with Crippen molar-refractivity contribution in [2.24, 2.45) is 5.41 Å². The van der Waals surface area contributed by atoms with Gasteiger partial charge < -0.3 is 14.8 Å². The molecule has 0 aliphatic carbocycles. The molecule has 0 aromatic heterocycles. The molecule has 2 atom stereocenters. The summed E-state index contributed by atoms with van der Waals surface area (Å²) in [5.74, 6) is 2.51. The monoisotopic (exact) mass is 259 g/mol. The molecule has 2 fully saturated rings. The topological polar surface area (TPSA) is 30.5 Å². The molecule has 3 nitrogen and oxygen atoms in total. The summed E-state index contributed by atoms with van der Waals surface area (Å²) in [6.07, 6.45) is 2.28. The van der Waals surface area contributed by atoms with Gasteiger partial charge in [-0.3, -0.25) is 0 Å². The smallest absolute Gasteiger partial charge is 0.106 e. The van der Waals surface area contributed by atoms with Gasteiger partial charge in [0, 0.05) is 38.5 Å². The Hall–Kier alpha value is 0.230. The maximum atomic E-state index is 5.65. The summed E-state index contributed by atoms with van der Waals surface area (Å²) in [4.78, 5) is 0. The molecule has 4 heteroatoms. The van der Waals surface area contributed by atoms with E-state index in [1.54, 1.807) is 7.11 Å². The fourth-order valence-electron chi connectivity index (χ4n) is 2.68. The van der Waals surface area contributed by atoms with E-state index < -0.39 is 0 Å². The second-order valence-electron chi connectivity index (χ2n) is 6.15. The van der Waals surface area contributed by atoms with Crippen molar-refractivity contribution in [2.75, 3.05) is 38.4 Å². The Morgan fingerprint density at radius 3 is 2.88 bits per heavy atom. The average Bonchev–Trinajstić information content (AvgIpc) is 2.75. The Kier molecular flexibility index (Phi) is 4.40. The molecule has 0 radical (unpaired) electrons. The van der Waals surface area contributed by atoms with Crippen molar-refractivity contribution in [3.05, 3.63) is 0 Å². The molecule has 2 unspecified atom stereocenters. The minimum Gasteiger partial charge on any atom is -0.378 e. The average molecular weight is 259 g/mol. The zero-order valence-electron chi connectivity index (χ0n) is 11.3. The molecule has 0 saturated carbocycles. The Morgan fingerprint density at radius 1 is 1.47 bits per heavy atom. The Bertz CT molecular complexity index is 252. The second-order valence-corrected chi connectivity index (χ2v) is 7.18. The Balaban J connectivity index is 1.81. The quantitative estimate of drug-likeness (QED) is 0.835. The third-order valence-corrected chi connectivity index (χ3v) is 5.45. The van der Waals surface area contributed by atoms with Crippen molar-refractivity contribution < 1.29 is 9.47 Å². The van der Waals surface area contributed by atoms with Gasteiger partial charge in [-0.2, -0.15) is 11.8 Å². The van der Waals surface area contributed by atoms with Crippen LogP contribution >= 0.6 is 11.8 Å². The fourth-order valence-corrected chi connectivity index (χ4v) is 3.99. The highest BCUT2D eigenvalue weighted by Gasteiger charge is 2.36. The summed E-state index contributed by atoms with van der Waals surface area (Å²) in [5, 5.41) is 3.69. The van der Waals surface area contributed by atoms with Crippen molar-refractivity contribution >= 4 is 11.8 Å². The highest BCUT2D eigenvalue weighted by atomic mass is 32.2. The molecule has 2 aliphatic heterocycles. The minimum atomic E-state index is -0.0771. The van der Waals surface area contributed by atoms with E-state index in [0.29, 0.717) is 11.5 Å². The van der Waals surface area contributed by atoms with Gasteiger partial charge in [-0.15, -0.1) is 0 Å². The van der Waals surface area contributed by atoms with Crippen LogP contribution in [0.1, 0.15) is 26.7 Å². The van der Waals surface area contributed by atoms with E-state index in [4.69, 9.17) is 9.47 Å². The van der Waals surface area contributed by atoms with E-state index in [2.05, 4.69) is 30.9 Å². The van der Waals surface area contributed by atoms with E-state index in [0.717, 1.165) is 26.2 Å². The lowest BCUT2D eigenvalue weighted by Gasteiger charge is -2.37. The maximum Gasteiger partial charge on any atom is 0.106 e. The van der Waals surface area contributed by atoms with E-state index in [1.807, 2.05) is 0 Å². The van der Waals surface area contributed by atoms with Gasteiger partial charge in [0.15, 0.2) is 0 Å². The Morgan fingerprint density at radius 2 is 2.29 bits per heavy atom. The molecule has 0 amide bonds. The van der Waals surface area contributed by atoms with Crippen LogP contribution in [0.5, 0.6) is 0 Å². The normalized spacial score (nSPS) is 37.2. The largest absolute Gasteiger partial charge is 0.378 e. The third-order valence-electron chi connectivity index (χ3n) is 3.82. The van der Waals surface area contributed by atoms with Gasteiger partial charge >= 0.3 is 0 Å². The van der Waals surface area contributed by atoms with E-state index in [1.165, 1.54) is 17.9 Å². The third kappa shape index (κ3) is 3.60. The summed E-state index contributed by atoms with van der Waals surface area (Å²) < 4.78 is 11.1. The van der Waals surface area contributed by atoms with Crippen molar-refractivity contribution in [3.63, 3.8) is 0 Å². The van der Waals surface area contributed by atoms with Gasteiger partial charge in [0.1, 0.15) is 5.60 Å². The molecule has 0 spiro atoms. The molecular weight excluding hydrogens is 234 g/mol. The summed E-state index contributed by atoms with van der Waals surface area (Å²) in [6, 6.07) is 0.622. The molecule has 1 N–H and O–H groups in total. The molecule has 0 bridgehead atoms. The van der Waals surface area contributed by atoms with Crippen LogP contribution in [-0.2, 0) is 9.47 Å². The lowest BCUT2D eigenvalue weighted by Crippen LogP contribution is -2.49. The van der Waals surface area contributed by atoms with Crippen molar-refractivity contribution in [3.8, 4) is 0 Å². The fraction of sp³-hybridized carbons (Fsp3) is 1.00. The second kappa shape index (κ2) is 5.47. The van der Waals surface area contributed by atoms with Gasteiger partial charge in [0.25, 0.3) is 0 Å². The van der Waals surface area contributed by atoms with Crippen LogP contribution in [0.3, 0.4) is 0 Å². The first-order valence-electron chi connectivity index (χ1n) is 6.49. The number of hydrogen-bond acceptors (Lipinski definition) is 4. The van der Waals surface area contributed by atoms with Gasteiger partial charge in [-0.25, -0.2) is 0 Å². The number of nitrogens with one attached hydrogen (secondary N) is 1. The molecule has 17 heavy (non-hydrogen) atoms. The first kappa shape index (κ1) is 13.7. The molecule has 2 saturated heterocycles. The van der Waals surface area contributed by atoms with Crippen molar-refractivity contribution in [2.45, 2.75) is 38.3 Å². The van der Waals surface area contributed by atoms with E-state index in [9.17, 15) is 0 Å². The van der Waals surface area contributed by atoms with Crippen LogP contribution in [-0.4, -0.2) is 50.0 Å². The molecule has 2 heterocycles. The summed E-state index contributed by atoms with van der Waals surface area (Å²) in [6.45, 7) is 7.21. The lowest BCUT2D eigenvalue weighted by atomic mass is 9.87. The Labute approximate surface area is 109 Å². The van der Waals surface area contributed by atoms with Crippen LogP contribution in [0.25, 0.3) is 0 Å². The van der Waals surface area contributed by atoms with Crippen LogP contribution < -0.4 is 5.32 Å². The van der Waals surface area contributed by atoms with Crippen LogP contribution in [0.15, 0.2) is 0 Å². The van der Waals surface area contributed by atoms with Gasteiger partial charge in [-0.1, -0.05) is 13.8 Å². The molecule has 2 rings (SSSR count). The predicted octanol–water partition coefficient (Wildman–Crippen LogP) is 1.91. The van der Waals surface area contributed by atoms with Gasteiger partial charge in [0.2, 0.25) is 0 Å². The number of methoxy groups -OCH3 is 1. The zero-order valence-corrected chi connectivity index (χ0v) is 12.1. The zero-order chi connectivity index (χ0) is 12.4. The highest BCUT2D eigenvalue weighted by Crippen LogP contribution is 2.33. The van der Waals surface area contributed by atoms with Crippen molar-refractivity contribution in [1.29, 1.82) is 0 Å². The predicted molar refractivity (Wildman–Crippen MR) is 72.7 cm³/mol. The van der Waals surface area contributed by atoms with Crippen LogP contribution in [0.2, 0.25) is 0 Å². The van der Waals surface area contributed by atoms with Gasteiger partial charge in [0.05, 0.1) is 6.61 Å². The van der Waals surface area contributed by atoms with E-state index in [-0.39, 0.29) is 5.60 Å². The number of thioether (sulfide) groups is 1. The molecule has 0 aromatic carbocycles.